The van der Waals surface area contributed by atoms with Gasteiger partial charge in [0.05, 0.1) is 21.7 Å². The Morgan fingerprint density at radius 2 is 1.88 bits per heavy atom. The average Bonchev–Trinajstić information content (AvgIpc) is 3.39. The van der Waals surface area contributed by atoms with Crippen LogP contribution in [0, 0.1) is 0 Å². The SMILES string of the molecule is C[C@@H](Oc1ccc2c(c1)c(-c1ccc(C3CC4CC(C3)N4[B]C=O)nc1)nn2C1CCCCO1)c1c(Cl)cncc1Cl. The lowest BCUT2D eigenvalue weighted by Gasteiger charge is -2.55. The molecule has 4 aliphatic rings. The monoisotopic (exact) mass is 602 g/mol. The molecule has 4 fully saturated rings. The van der Waals surface area contributed by atoms with E-state index in [4.69, 9.17) is 42.8 Å². The fourth-order valence-corrected chi connectivity index (χ4v) is 7.54. The third-order valence-electron chi connectivity index (χ3n) is 8.93. The lowest BCUT2D eigenvalue weighted by molar-refractivity contribution is -0.0365. The predicted molar refractivity (Wildman–Crippen MR) is 164 cm³/mol. The highest BCUT2D eigenvalue weighted by Gasteiger charge is 2.45. The quantitative estimate of drug-likeness (QED) is 0.163. The van der Waals surface area contributed by atoms with Crippen LogP contribution in [0.25, 0.3) is 22.2 Å². The lowest BCUT2D eigenvalue weighted by Crippen LogP contribution is -2.61. The van der Waals surface area contributed by atoms with Crippen molar-refractivity contribution in [2.24, 2.45) is 0 Å². The van der Waals surface area contributed by atoms with Gasteiger partial charge >= 0.3 is 0 Å². The van der Waals surface area contributed by atoms with Crippen molar-refractivity contribution in [3.63, 3.8) is 0 Å². The van der Waals surface area contributed by atoms with Gasteiger partial charge in [-0.2, -0.15) is 5.10 Å². The van der Waals surface area contributed by atoms with E-state index in [9.17, 15) is 4.79 Å². The standard InChI is InChI=1S/C31H31BCl2N5O3/c1-18(30-25(33)15-35-16-26(30)34)42-23-6-8-28-24(13-23)31(37-39(28)29-4-2-3-9-41-29)19-5-7-27(36-14-19)20-10-21-12-22(11-20)38(21)32-17-40/h5-8,13-18,20-22,29H,2-4,9-12H2,1H3/t18-,20?,21?,22?,29?/m1/s1. The van der Waals surface area contributed by atoms with E-state index < -0.39 is 0 Å². The highest BCUT2D eigenvalue weighted by Crippen LogP contribution is 2.45. The molecule has 3 aromatic heterocycles. The van der Waals surface area contributed by atoms with Crippen molar-refractivity contribution in [3.05, 3.63) is 70.2 Å². The van der Waals surface area contributed by atoms with Crippen LogP contribution >= 0.6 is 23.2 Å². The first-order valence-electron chi connectivity index (χ1n) is 14.6. The first-order valence-corrected chi connectivity index (χ1v) is 15.4. The molecule has 4 aromatic rings. The zero-order chi connectivity index (χ0) is 28.8. The van der Waals surface area contributed by atoms with Crippen LogP contribution in [0.1, 0.15) is 75.0 Å². The summed E-state index contributed by atoms with van der Waals surface area (Å²) in [6, 6.07) is 11.2. The second kappa shape index (κ2) is 11.6. The van der Waals surface area contributed by atoms with Crippen molar-refractivity contribution in [1.82, 2.24) is 24.6 Å². The summed E-state index contributed by atoms with van der Waals surface area (Å²) in [4.78, 5) is 22.2. The topological polar surface area (TPSA) is 82.4 Å². The molecule has 215 valence electrons. The minimum absolute atomic E-state index is 0.109. The van der Waals surface area contributed by atoms with E-state index in [1.165, 1.54) is 0 Å². The number of ether oxygens (including phenoxy) is 2. The number of halogens is 2. The van der Waals surface area contributed by atoms with Gasteiger partial charge in [0.2, 0.25) is 0 Å². The molecule has 0 amide bonds. The Hall–Kier alpha value is -2.98. The van der Waals surface area contributed by atoms with Crippen molar-refractivity contribution in [3.8, 4) is 17.0 Å². The molecule has 1 radical (unpaired) electrons. The van der Waals surface area contributed by atoms with Crippen molar-refractivity contribution in [2.45, 2.75) is 75.8 Å². The number of rotatable bonds is 8. The molecule has 8 nitrogen and oxygen atoms in total. The third kappa shape index (κ3) is 5.10. The molecule has 0 spiro atoms. The summed E-state index contributed by atoms with van der Waals surface area (Å²) in [6.45, 7) is 2.65. The van der Waals surface area contributed by atoms with E-state index in [0.29, 0.717) is 39.4 Å². The van der Waals surface area contributed by atoms with Crippen molar-refractivity contribution >= 4 is 47.7 Å². The normalized spacial score (nSPS) is 24.6. The Bertz CT molecular complexity index is 1580. The van der Waals surface area contributed by atoms with Crippen LogP contribution in [0.4, 0.5) is 0 Å². The van der Waals surface area contributed by atoms with Crippen LogP contribution in [0.3, 0.4) is 0 Å². The van der Waals surface area contributed by atoms with Gasteiger partial charge in [-0.15, -0.1) is 0 Å². The van der Waals surface area contributed by atoms with Crippen LogP contribution < -0.4 is 4.74 Å². The van der Waals surface area contributed by atoms with Crippen LogP contribution in [-0.2, 0) is 9.53 Å². The largest absolute Gasteiger partial charge is 0.486 e. The number of carbonyl (C=O) groups is 1. The third-order valence-corrected chi connectivity index (χ3v) is 9.53. The summed E-state index contributed by atoms with van der Waals surface area (Å²) in [5.74, 6) is 1.09. The number of fused-ring (bicyclic) bond motifs is 3. The highest BCUT2D eigenvalue weighted by molar-refractivity contribution is 6.64. The van der Waals surface area contributed by atoms with Gasteiger partial charge in [-0.3, -0.25) is 9.97 Å². The fraction of sp³-hybridized carbons (Fsp3) is 0.419. The Kier molecular flexibility index (Phi) is 7.69. The lowest BCUT2D eigenvalue weighted by atomic mass is 9.67. The van der Waals surface area contributed by atoms with E-state index in [2.05, 4.69) is 21.9 Å². The van der Waals surface area contributed by atoms with Crippen molar-refractivity contribution < 1.29 is 14.3 Å². The minimum atomic E-state index is -0.381. The molecule has 1 aliphatic carbocycles. The maximum Gasteiger partial charge on any atom is 0.293 e. The maximum atomic E-state index is 11.0. The number of aromatic nitrogens is 4. The molecular formula is C31H31BCl2N5O3. The number of pyridine rings is 2. The number of piperidine rings is 1. The van der Waals surface area contributed by atoms with Gasteiger partial charge in [-0.25, -0.2) is 4.68 Å². The van der Waals surface area contributed by atoms with Gasteiger partial charge in [-0.1, -0.05) is 23.2 Å². The summed E-state index contributed by atoms with van der Waals surface area (Å²) < 4.78 is 14.5. The molecule has 1 saturated carbocycles. The summed E-state index contributed by atoms with van der Waals surface area (Å²) in [6.07, 6.45) is 11.8. The molecular weight excluding hydrogens is 572 g/mol. The summed E-state index contributed by atoms with van der Waals surface area (Å²) >= 11 is 12.8. The van der Waals surface area contributed by atoms with Crippen molar-refractivity contribution in [2.75, 3.05) is 6.61 Å². The Labute approximate surface area is 255 Å². The van der Waals surface area contributed by atoms with E-state index >= 15 is 0 Å². The molecule has 3 saturated heterocycles. The highest BCUT2D eigenvalue weighted by atomic mass is 35.5. The van der Waals surface area contributed by atoms with E-state index in [1.54, 1.807) is 19.8 Å². The summed E-state index contributed by atoms with van der Waals surface area (Å²) in [5, 5.41) is 6.99. The van der Waals surface area contributed by atoms with Gasteiger partial charge in [0.25, 0.3) is 7.41 Å². The molecule has 42 heavy (non-hydrogen) atoms. The molecule has 1 aromatic carbocycles. The minimum Gasteiger partial charge on any atom is -0.486 e. The molecule has 2 bridgehead atoms. The second-order valence-corrected chi connectivity index (χ2v) is 12.3. The first-order chi connectivity index (χ1) is 20.5. The second-order valence-electron chi connectivity index (χ2n) is 11.5. The number of hydrogen-bond donors (Lipinski definition) is 0. The van der Waals surface area contributed by atoms with Crippen LogP contribution in [-0.4, -0.2) is 56.8 Å². The molecule has 3 unspecified atom stereocenters. The molecule has 0 N–H and O–H groups in total. The smallest absolute Gasteiger partial charge is 0.293 e. The average molecular weight is 603 g/mol. The van der Waals surface area contributed by atoms with Gasteiger partial charge in [-0.05, 0) is 75.8 Å². The van der Waals surface area contributed by atoms with Crippen LogP contribution in [0.15, 0.2) is 48.9 Å². The number of carbonyl (C=O) groups excluding carboxylic acids is 1. The van der Waals surface area contributed by atoms with Gasteiger partial charge in [0, 0.05) is 65.4 Å². The number of hydrogen-bond acceptors (Lipinski definition) is 7. The Morgan fingerprint density at radius 3 is 2.57 bits per heavy atom. The fourth-order valence-electron chi connectivity index (χ4n) is 6.86. The van der Waals surface area contributed by atoms with E-state index in [1.807, 2.05) is 36.0 Å². The summed E-state index contributed by atoms with van der Waals surface area (Å²) in [5.41, 5.74) is 4.57. The zero-order valence-electron chi connectivity index (χ0n) is 23.3. The van der Waals surface area contributed by atoms with Gasteiger partial charge in [0.15, 0.2) is 6.23 Å². The maximum absolute atomic E-state index is 11.0. The molecule has 11 heteroatoms. The Balaban J connectivity index is 1.20. The predicted octanol–water partition coefficient (Wildman–Crippen LogP) is 6.77. The van der Waals surface area contributed by atoms with Crippen molar-refractivity contribution in [1.29, 1.82) is 0 Å². The van der Waals surface area contributed by atoms with Gasteiger partial charge in [0.1, 0.15) is 17.5 Å². The number of benzene rings is 1. The molecule has 8 rings (SSSR count). The summed E-state index contributed by atoms with van der Waals surface area (Å²) in [7, 11) is 1.70. The van der Waals surface area contributed by atoms with E-state index in [0.717, 1.165) is 79.2 Å². The Morgan fingerprint density at radius 1 is 1.07 bits per heavy atom. The van der Waals surface area contributed by atoms with Gasteiger partial charge < -0.3 is 19.1 Å². The number of nitrogens with zero attached hydrogens (tertiary/aromatic N) is 5. The van der Waals surface area contributed by atoms with Crippen LogP contribution in [0.5, 0.6) is 5.75 Å². The van der Waals surface area contributed by atoms with Crippen LogP contribution in [0.2, 0.25) is 10.0 Å². The molecule has 3 aliphatic heterocycles. The molecule has 4 atom stereocenters. The first kappa shape index (κ1) is 27.8. The zero-order valence-corrected chi connectivity index (χ0v) is 24.8. The molecule has 6 heterocycles. The van der Waals surface area contributed by atoms with E-state index in [-0.39, 0.29) is 12.3 Å².